The van der Waals surface area contributed by atoms with Gasteiger partial charge in [-0.2, -0.15) is 0 Å². The Bertz CT molecular complexity index is 1100. The third kappa shape index (κ3) is 3.92. The van der Waals surface area contributed by atoms with E-state index < -0.39 is 0 Å². The number of pyridine rings is 1. The molecule has 3 heterocycles. The lowest BCUT2D eigenvalue weighted by Gasteiger charge is -2.39. The highest BCUT2D eigenvalue weighted by atomic mass is 16.5. The number of urea groups is 1. The number of hydrogen-bond donors (Lipinski definition) is 1. The van der Waals surface area contributed by atoms with Gasteiger partial charge in [-0.1, -0.05) is 18.2 Å². The molecule has 1 N–H and O–H groups in total. The van der Waals surface area contributed by atoms with Crippen LogP contribution in [0.1, 0.15) is 38.6 Å². The van der Waals surface area contributed by atoms with Crippen LogP contribution in [0.5, 0.6) is 5.88 Å². The summed E-state index contributed by atoms with van der Waals surface area (Å²) in [5.41, 5.74) is 2.14. The molecule has 1 saturated heterocycles. The average Bonchev–Trinajstić information content (AvgIpc) is 3.33. The van der Waals surface area contributed by atoms with Gasteiger partial charge in [0.15, 0.2) is 0 Å². The van der Waals surface area contributed by atoms with Crippen molar-refractivity contribution in [1.29, 1.82) is 0 Å². The van der Waals surface area contributed by atoms with E-state index in [0.29, 0.717) is 17.7 Å². The van der Waals surface area contributed by atoms with Crippen molar-refractivity contribution in [3.63, 3.8) is 0 Å². The van der Waals surface area contributed by atoms with E-state index in [2.05, 4.69) is 40.0 Å². The Morgan fingerprint density at radius 3 is 2.59 bits per heavy atom. The lowest BCUT2D eigenvalue weighted by Crippen LogP contribution is -2.41. The summed E-state index contributed by atoms with van der Waals surface area (Å²) in [4.78, 5) is 23.9. The van der Waals surface area contributed by atoms with Gasteiger partial charge in [0.05, 0.1) is 17.1 Å². The summed E-state index contributed by atoms with van der Waals surface area (Å²) < 4.78 is 8.83. The van der Waals surface area contributed by atoms with Crippen LogP contribution in [0, 0.1) is 18.8 Å². The molecule has 2 aromatic heterocycles. The molecule has 4 atom stereocenters. The maximum atomic E-state index is 12.7. The molecular weight excluding hydrogens is 402 g/mol. The molecule has 0 unspecified atom stereocenters. The van der Waals surface area contributed by atoms with Crippen LogP contribution in [0.3, 0.4) is 0 Å². The summed E-state index contributed by atoms with van der Waals surface area (Å²) in [6.07, 6.45) is 3.58. The minimum absolute atomic E-state index is 0.0319. The highest BCUT2D eigenvalue weighted by molar-refractivity contribution is 5.76. The number of carbonyl (C=O) groups is 1. The topological polar surface area (TPSA) is 72.3 Å². The van der Waals surface area contributed by atoms with Crippen LogP contribution >= 0.6 is 0 Å². The van der Waals surface area contributed by atoms with Gasteiger partial charge in [-0.05, 0) is 63.6 Å². The van der Waals surface area contributed by atoms with Crippen molar-refractivity contribution in [3.05, 3.63) is 54.5 Å². The fraction of sp³-hybridized carbons (Fsp3) is 0.480. The van der Waals surface area contributed by atoms with Crippen LogP contribution < -0.4 is 10.1 Å². The predicted molar refractivity (Wildman–Crippen MR) is 124 cm³/mol. The molecule has 3 aromatic rings. The maximum absolute atomic E-state index is 12.7. The summed E-state index contributed by atoms with van der Waals surface area (Å²) in [5.74, 6) is 2.52. The zero-order chi connectivity index (χ0) is 22.2. The van der Waals surface area contributed by atoms with Crippen molar-refractivity contribution in [2.45, 2.75) is 51.8 Å². The standard InChI is InChI=1S/C25H31N5O2/c1-16(2)27-25(31)29-14-18-12-22(30-17(3)28-20-8-4-5-9-21(20)30)23(13-19(18)15-29)32-24-10-6-7-11-26-24/h4-11,16,18-19,22-23H,12-15H2,1-3H3,(H,27,31)/t18-,19+,22-,23-/m0/s1. The van der Waals surface area contributed by atoms with E-state index in [1.165, 1.54) is 0 Å². The number of amides is 2. The van der Waals surface area contributed by atoms with Gasteiger partial charge in [-0.25, -0.2) is 14.8 Å². The Balaban J connectivity index is 1.46. The second-order valence-electron chi connectivity index (χ2n) is 9.41. The van der Waals surface area contributed by atoms with Gasteiger partial charge in [-0.15, -0.1) is 0 Å². The lowest BCUT2D eigenvalue weighted by atomic mass is 9.77. The molecule has 32 heavy (non-hydrogen) atoms. The molecule has 168 valence electrons. The molecule has 0 bridgehead atoms. The molecule has 1 aliphatic heterocycles. The molecule has 0 spiro atoms. The van der Waals surface area contributed by atoms with Crippen LogP contribution in [0.15, 0.2) is 48.7 Å². The van der Waals surface area contributed by atoms with E-state index in [1.54, 1.807) is 6.20 Å². The normalized spacial score (nSPS) is 25.2. The summed E-state index contributed by atoms with van der Waals surface area (Å²) in [5, 5.41) is 3.05. The molecular formula is C25H31N5O2. The van der Waals surface area contributed by atoms with E-state index in [1.807, 2.05) is 43.0 Å². The van der Waals surface area contributed by atoms with E-state index in [-0.39, 0.29) is 24.2 Å². The minimum atomic E-state index is -0.0319. The zero-order valence-electron chi connectivity index (χ0n) is 18.9. The second kappa shape index (κ2) is 8.45. The van der Waals surface area contributed by atoms with Crippen LogP contribution in [0.2, 0.25) is 0 Å². The molecule has 1 saturated carbocycles. The van der Waals surface area contributed by atoms with Crippen molar-refractivity contribution in [2.75, 3.05) is 13.1 Å². The highest BCUT2D eigenvalue weighted by Gasteiger charge is 2.45. The molecule has 7 heteroatoms. The summed E-state index contributed by atoms with van der Waals surface area (Å²) in [7, 11) is 0. The number of nitrogens with zero attached hydrogens (tertiary/aromatic N) is 4. The van der Waals surface area contributed by atoms with Crippen molar-refractivity contribution >= 4 is 17.1 Å². The number of imidazole rings is 1. The number of carbonyl (C=O) groups excluding carboxylic acids is 1. The number of nitrogens with one attached hydrogen (secondary N) is 1. The van der Waals surface area contributed by atoms with Crippen molar-refractivity contribution in [2.24, 2.45) is 11.8 Å². The van der Waals surface area contributed by atoms with Crippen molar-refractivity contribution < 1.29 is 9.53 Å². The Morgan fingerprint density at radius 1 is 1.09 bits per heavy atom. The number of aryl methyl sites for hydroxylation is 1. The smallest absolute Gasteiger partial charge is 0.317 e. The molecule has 1 aliphatic carbocycles. The fourth-order valence-corrected chi connectivity index (χ4v) is 5.45. The Kier molecular flexibility index (Phi) is 5.49. The summed E-state index contributed by atoms with van der Waals surface area (Å²) in [6, 6.07) is 14.4. The van der Waals surface area contributed by atoms with E-state index in [9.17, 15) is 4.79 Å². The number of benzene rings is 1. The first-order valence-corrected chi connectivity index (χ1v) is 11.6. The minimum Gasteiger partial charge on any atom is -0.472 e. The number of ether oxygens (including phenoxy) is 1. The number of aromatic nitrogens is 3. The maximum Gasteiger partial charge on any atom is 0.317 e. The monoisotopic (exact) mass is 433 g/mol. The van der Waals surface area contributed by atoms with Gasteiger partial charge in [0.25, 0.3) is 0 Å². The molecule has 7 nitrogen and oxygen atoms in total. The summed E-state index contributed by atoms with van der Waals surface area (Å²) in [6.45, 7) is 7.64. The number of likely N-dealkylation sites (tertiary alicyclic amines) is 1. The van der Waals surface area contributed by atoms with Crippen molar-refractivity contribution in [1.82, 2.24) is 24.8 Å². The molecule has 5 rings (SSSR count). The third-order valence-corrected chi connectivity index (χ3v) is 6.80. The van der Waals surface area contributed by atoms with Gasteiger partial charge in [0.1, 0.15) is 11.9 Å². The van der Waals surface area contributed by atoms with E-state index in [0.717, 1.165) is 42.8 Å². The molecule has 2 fully saturated rings. The van der Waals surface area contributed by atoms with Crippen LogP contribution in [-0.2, 0) is 0 Å². The Labute approximate surface area is 188 Å². The Hall–Kier alpha value is -3.09. The Morgan fingerprint density at radius 2 is 1.84 bits per heavy atom. The highest BCUT2D eigenvalue weighted by Crippen LogP contribution is 2.44. The lowest BCUT2D eigenvalue weighted by molar-refractivity contribution is 0.0522. The van der Waals surface area contributed by atoms with Gasteiger partial charge < -0.3 is 19.5 Å². The molecule has 0 radical (unpaired) electrons. The van der Waals surface area contributed by atoms with Gasteiger partial charge in [0, 0.05) is 31.4 Å². The van der Waals surface area contributed by atoms with Crippen LogP contribution in [0.25, 0.3) is 11.0 Å². The fourth-order valence-electron chi connectivity index (χ4n) is 5.45. The van der Waals surface area contributed by atoms with Crippen LogP contribution in [0.4, 0.5) is 4.79 Å². The number of rotatable bonds is 4. The summed E-state index contributed by atoms with van der Waals surface area (Å²) >= 11 is 0. The van der Waals surface area contributed by atoms with Gasteiger partial charge in [-0.3, -0.25) is 0 Å². The molecule has 2 aliphatic rings. The molecule has 1 aromatic carbocycles. The van der Waals surface area contributed by atoms with E-state index >= 15 is 0 Å². The number of hydrogen-bond acceptors (Lipinski definition) is 4. The van der Waals surface area contributed by atoms with Crippen molar-refractivity contribution in [3.8, 4) is 5.88 Å². The number of fused-ring (bicyclic) bond motifs is 2. The van der Waals surface area contributed by atoms with Crippen LogP contribution in [-0.4, -0.2) is 50.7 Å². The first-order valence-electron chi connectivity index (χ1n) is 11.6. The van der Waals surface area contributed by atoms with Gasteiger partial charge >= 0.3 is 6.03 Å². The first-order chi connectivity index (χ1) is 15.5. The zero-order valence-corrected chi connectivity index (χ0v) is 18.9. The third-order valence-electron chi connectivity index (χ3n) is 6.80. The second-order valence-corrected chi connectivity index (χ2v) is 9.41. The SMILES string of the molecule is Cc1nc2ccccc2n1[C@H]1C[C@H]2CN(C(=O)NC(C)C)C[C@H]2C[C@@H]1Oc1ccccn1. The average molecular weight is 434 g/mol. The number of para-hydroxylation sites is 2. The largest absolute Gasteiger partial charge is 0.472 e. The molecule has 2 amide bonds. The first kappa shape index (κ1) is 20.8. The van der Waals surface area contributed by atoms with Gasteiger partial charge in [0.2, 0.25) is 5.88 Å². The van der Waals surface area contributed by atoms with E-state index in [4.69, 9.17) is 9.72 Å². The predicted octanol–water partition coefficient (Wildman–Crippen LogP) is 4.19. The quantitative estimate of drug-likeness (QED) is 0.670.